The predicted octanol–water partition coefficient (Wildman–Crippen LogP) is 2.74. The average Bonchev–Trinajstić information content (AvgIpc) is 3.18. The Hall–Kier alpha value is -3.61. The number of esters is 1. The molecule has 1 atom stereocenters. The smallest absolute Gasteiger partial charge is 0.363 e. The summed E-state index contributed by atoms with van der Waals surface area (Å²) in [5, 5.41) is 6.98. The number of aromatic nitrogens is 2. The maximum absolute atomic E-state index is 12.5. The van der Waals surface area contributed by atoms with Gasteiger partial charge in [0.15, 0.2) is 11.9 Å². The molecule has 1 amide bonds. The maximum Gasteiger partial charge on any atom is 0.363 e. The van der Waals surface area contributed by atoms with Crippen LogP contribution in [0.4, 0.5) is 0 Å². The van der Waals surface area contributed by atoms with E-state index in [0.29, 0.717) is 6.54 Å². The van der Waals surface area contributed by atoms with E-state index in [4.69, 9.17) is 9.47 Å². The van der Waals surface area contributed by atoms with Crippen molar-refractivity contribution in [2.45, 2.75) is 19.6 Å². The van der Waals surface area contributed by atoms with Crippen molar-refractivity contribution < 1.29 is 19.1 Å². The largest absolute Gasteiger partial charge is 0.493 e. The van der Waals surface area contributed by atoms with Gasteiger partial charge in [-0.25, -0.2) is 9.48 Å². The minimum atomic E-state index is -0.970. The first-order valence-electron chi connectivity index (χ1n) is 8.80. The molecule has 0 saturated heterocycles. The Kier molecular flexibility index (Phi) is 6.06. The Morgan fingerprint density at radius 3 is 2.36 bits per heavy atom. The number of carbonyl (C=O) groups excluding carboxylic acids is 2. The first kappa shape index (κ1) is 19.2. The highest BCUT2D eigenvalue weighted by atomic mass is 16.6. The van der Waals surface area contributed by atoms with E-state index in [9.17, 15) is 9.59 Å². The Labute approximate surface area is 162 Å². The van der Waals surface area contributed by atoms with Crippen LogP contribution in [0.5, 0.6) is 5.75 Å². The van der Waals surface area contributed by atoms with Gasteiger partial charge < -0.3 is 14.8 Å². The summed E-state index contributed by atoms with van der Waals surface area (Å²) < 4.78 is 12.0. The first-order valence-corrected chi connectivity index (χ1v) is 8.80. The van der Waals surface area contributed by atoms with Gasteiger partial charge in [0.25, 0.3) is 5.91 Å². The lowest BCUT2D eigenvalue weighted by Crippen LogP contribution is -2.35. The summed E-state index contributed by atoms with van der Waals surface area (Å²) in [5.74, 6) is -0.849. The van der Waals surface area contributed by atoms with Crippen LogP contribution in [-0.4, -0.2) is 34.9 Å². The molecule has 0 radical (unpaired) electrons. The molecule has 0 unspecified atom stereocenters. The van der Waals surface area contributed by atoms with Crippen molar-refractivity contribution >= 4 is 11.9 Å². The van der Waals surface area contributed by atoms with Crippen molar-refractivity contribution in [1.82, 2.24) is 15.1 Å². The van der Waals surface area contributed by atoms with E-state index in [1.165, 1.54) is 18.7 Å². The molecule has 0 saturated carbocycles. The lowest BCUT2D eigenvalue weighted by Gasteiger charge is -2.13. The third-order valence-electron chi connectivity index (χ3n) is 4.08. The van der Waals surface area contributed by atoms with E-state index >= 15 is 0 Å². The van der Waals surface area contributed by atoms with Crippen LogP contribution < -0.4 is 10.1 Å². The number of benzene rings is 2. The number of para-hydroxylation sites is 1. The molecule has 1 aromatic heterocycles. The van der Waals surface area contributed by atoms with Crippen molar-refractivity contribution in [3.8, 4) is 11.4 Å². The minimum Gasteiger partial charge on any atom is -0.493 e. The summed E-state index contributed by atoms with van der Waals surface area (Å²) in [7, 11) is 1.44. The van der Waals surface area contributed by atoms with Gasteiger partial charge >= 0.3 is 5.97 Å². The molecule has 0 aliphatic heterocycles. The molecule has 3 aromatic rings. The van der Waals surface area contributed by atoms with Gasteiger partial charge in [0.05, 0.1) is 19.0 Å². The highest BCUT2D eigenvalue weighted by Gasteiger charge is 2.24. The summed E-state index contributed by atoms with van der Waals surface area (Å²) in [4.78, 5) is 24.7. The van der Waals surface area contributed by atoms with Crippen molar-refractivity contribution in [3.63, 3.8) is 0 Å². The molecular weight excluding hydrogens is 358 g/mol. The Balaban J connectivity index is 1.65. The van der Waals surface area contributed by atoms with E-state index in [1.807, 2.05) is 60.7 Å². The van der Waals surface area contributed by atoms with E-state index in [-0.39, 0.29) is 11.4 Å². The number of hydrogen-bond donors (Lipinski definition) is 1. The van der Waals surface area contributed by atoms with Crippen molar-refractivity contribution in [2.75, 3.05) is 7.11 Å². The third-order valence-corrected chi connectivity index (χ3v) is 4.08. The summed E-state index contributed by atoms with van der Waals surface area (Å²) >= 11 is 0. The SMILES string of the molecule is COc1cn(-c2ccccc2)nc1C(=O)O[C@H](C)C(=O)NCc1ccccc1. The van der Waals surface area contributed by atoms with Gasteiger partial charge in [0.1, 0.15) is 0 Å². The molecule has 0 aliphatic carbocycles. The molecule has 1 heterocycles. The summed E-state index contributed by atoms with van der Waals surface area (Å²) in [6, 6.07) is 18.8. The lowest BCUT2D eigenvalue weighted by molar-refractivity contribution is -0.129. The second-order valence-corrected chi connectivity index (χ2v) is 6.08. The van der Waals surface area contributed by atoms with Gasteiger partial charge in [0.2, 0.25) is 5.69 Å². The van der Waals surface area contributed by atoms with Crippen molar-refractivity contribution in [2.24, 2.45) is 0 Å². The highest BCUT2D eigenvalue weighted by Crippen LogP contribution is 2.20. The summed E-state index contributed by atoms with van der Waals surface area (Å²) in [5.41, 5.74) is 1.74. The van der Waals surface area contributed by atoms with E-state index in [0.717, 1.165) is 11.3 Å². The van der Waals surface area contributed by atoms with Crippen LogP contribution in [0, 0.1) is 0 Å². The number of carbonyl (C=O) groups is 2. The molecule has 7 heteroatoms. The minimum absolute atomic E-state index is 0.00839. The van der Waals surface area contributed by atoms with Gasteiger partial charge in [-0.2, -0.15) is 5.10 Å². The van der Waals surface area contributed by atoms with E-state index in [2.05, 4.69) is 10.4 Å². The van der Waals surface area contributed by atoms with Gasteiger partial charge in [-0.15, -0.1) is 0 Å². The zero-order valence-corrected chi connectivity index (χ0v) is 15.7. The average molecular weight is 379 g/mol. The molecule has 0 bridgehead atoms. The number of nitrogens with one attached hydrogen (secondary N) is 1. The number of ether oxygens (including phenoxy) is 2. The Morgan fingerprint density at radius 1 is 1.07 bits per heavy atom. The maximum atomic E-state index is 12.5. The van der Waals surface area contributed by atoms with Crippen LogP contribution in [0.25, 0.3) is 5.69 Å². The third kappa shape index (κ3) is 4.56. The second-order valence-electron chi connectivity index (χ2n) is 6.08. The number of rotatable bonds is 7. The second kappa shape index (κ2) is 8.85. The zero-order valence-electron chi connectivity index (χ0n) is 15.7. The van der Waals surface area contributed by atoms with Gasteiger partial charge in [0, 0.05) is 6.54 Å². The monoisotopic (exact) mass is 379 g/mol. The summed E-state index contributed by atoms with van der Waals surface area (Å²) in [6.45, 7) is 1.87. The quantitative estimate of drug-likeness (QED) is 0.638. The highest BCUT2D eigenvalue weighted by molar-refractivity contribution is 5.92. The van der Waals surface area contributed by atoms with Gasteiger partial charge in [-0.3, -0.25) is 4.79 Å². The van der Waals surface area contributed by atoms with Crippen molar-refractivity contribution in [3.05, 3.63) is 78.1 Å². The molecule has 144 valence electrons. The number of methoxy groups -OCH3 is 1. The fraction of sp³-hybridized carbons (Fsp3) is 0.190. The van der Waals surface area contributed by atoms with Crippen LogP contribution in [0.3, 0.4) is 0 Å². The standard InChI is InChI=1S/C21H21N3O4/c1-15(20(25)22-13-16-9-5-3-6-10-16)28-21(26)19-18(27-2)14-24(23-19)17-11-7-4-8-12-17/h3-12,14-15H,13H2,1-2H3,(H,22,25)/t15-/m1/s1. The number of hydrogen-bond acceptors (Lipinski definition) is 5. The lowest BCUT2D eigenvalue weighted by atomic mass is 10.2. The fourth-order valence-electron chi connectivity index (χ4n) is 2.56. The van der Waals surface area contributed by atoms with Gasteiger partial charge in [-0.05, 0) is 24.6 Å². The van der Waals surface area contributed by atoms with Crippen LogP contribution >= 0.6 is 0 Å². The zero-order chi connectivity index (χ0) is 19.9. The predicted molar refractivity (Wildman–Crippen MR) is 103 cm³/mol. The molecule has 3 rings (SSSR count). The molecule has 0 aliphatic rings. The van der Waals surface area contributed by atoms with Crippen LogP contribution in [0.1, 0.15) is 23.0 Å². The number of nitrogens with zero attached hydrogens (tertiary/aromatic N) is 2. The van der Waals surface area contributed by atoms with E-state index in [1.54, 1.807) is 6.20 Å². The summed E-state index contributed by atoms with van der Waals surface area (Å²) in [6.07, 6.45) is 0.620. The fourth-order valence-corrected chi connectivity index (χ4v) is 2.56. The molecule has 2 aromatic carbocycles. The normalized spacial score (nSPS) is 11.5. The first-order chi connectivity index (χ1) is 13.6. The molecule has 1 N–H and O–H groups in total. The molecule has 0 spiro atoms. The topological polar surface area (TPSA) is 82.5 Å². The number of amides is 1. The Morgan fingerprint density at radius 2 is 1.71 bits per heavy atom. The van der Waals surface area contributed by atoms with Crippen LogP contribution in [-0.2, 0) is 16.1 Å². The van der Waals surface area contributed by atoms with Crippen LogP contribution in [0.15, 0.2) is 66.9 Å². The molecule has 28 heavy (non-hydrogen) atoms. The van der Waals surface area contributed by atoms with Crippen LogP contribution in [0.2, 0.25) is 0 Å². The molecular formula is C21H21N3O4. The molecule has 0 fully saturated rings. The van der Waals surface area contributed by atoms with Crippen molar-refractivity contribution in [1.29, 1.82) is 0 Å². The van der Waals surface area contributed by atoms with E-state index < -0.39 is 18.0 Å². The molecule has 7 nitrogen and oxygen atoms in total. The van der Waals surface area contributed by atoms with Gasteiger partial charge in [-0.1, -0.05) is 48.5 Å². The Bertz CT molecular complexity index is 939.